The highest BCUT2D eigenvalue weighted by Gasteiger charge is 2.28. The van der Waals surface area contributed by atoms with Gasteiger partial charge in [-0.1, -0.05) is 12.2 Å². The number of allylic oxidation sites excluding steroid dienone is 1. The van der Waals surface area contributed by atoms with Gasteiger partial charge in [0.1, 0.15) is 5.60 Å². The van der Waals surface area contributed by atoms with Crippen molar-refractivity contribution in [2.75, 3.05) is 26.2 Å². The lowest BCUT2D eigenvalue weighted by atomic mass is 10.00. The highest BCUT2D eigenvalue weighted by molar-refractivity contribution is 5.73. The number of hydrogen-bond acceptors (Lipinski definition) is 4. The lowest BCUT2D eigenvalue weighted by molar-refractivity contribution is 0.0332. The van der Waals surface area contributed by atoms with Gasteiger partial charge in [-0.15, -0.1) is 0 Å². The molecule has 2 aliphatic rings. The Morgan fingerprint density at radius 1 is 1.43 bits per heavy atom. The molecular weight excluding hydrogens is 266 g/mol. The summed E-state index contributed by atoms with van der Waals surface area (Å²) < 4.78 is 5.51. The first-order valence-electron chi connectivity index (χ1n) is 7.42. The molecule has 2 rings (SSSR count). The molecule has 0 aliphatic carbocycles. The molecule has 0 unspecified atom stereocenters. The number of nitrogens with one attached hydrogen (secondary N) is 1. The van der Waals surface area contributed by atoms with Crippen LogP contribution >= 0.6 is 0 Å². The lowest BCUT2D eigenvalue weighted by Gasteiger charge is -2.32. The van der Waals surface area contributed by atoms with E-state index in [0.29, 0.717) is 13.1 Å². The number of nitrogens with two attached hydrogens (primary N) is 1. The minimum atomic E-state index is -0.497. The fourth-order valence-electron chi connectivity index (χ4n) is 2.37. The number of rotatable bonds is 2. The molecule has 0 bridgehead atoms. The first-order chi connectivity index (χ1) is 9.90. The predicted octanol–water partition coefficient (Wildman–Crippen LogP) is 1.93. The zero-order chi connectivity index (χ0) is 15.5. The fraction of sp³-hybridized carbons (Fsp3) is 0.562. The van der Waals surface area contributed by atoms with E-state index in [9.17, 15) is 4.79 Å². The van der Waals surface area contributed by atoms with E-state index in [0.717, 1.165) is 30.8 Å². The zero-order valence-corrected chi connectivity index (χ0v) is 13.1. The van der Waals surface area contributed by atoms with E-state index in [1.807, 2.05) is 32.9 Å². The fourth-order valence-corrected chi connectivity index (χ4v) is 2.37. The van der Waals surface area contributed by atoms with Crippen molar-refractivity contribution in [1.29, 1.82) is 0 Å². The minimum Gasteiger partial charge on any atom is -0.443 e. The number of nitrogens with zero attached hydrogens (tertiary/aromatic N) is 1. The van der Waals surface area contributed by atoms with E-state index in [1.165, 1.54) is 5.57 Å². The van der Waals surface area contributed by atoms with Crippen LogP contribution in [0, 0.1) is 0 Å². The highest BCUT2D eigenvalue weighted by Crippen LogP contribution is 2.26. The molecule has 0 aromatic carbocycles. The SMILES string of the molecule is CC(C)(C)OC(=O)N1CC=C(CN)C=C1C1=CCNCC1. The molecule has 0 saturated heterocycles. The molecule has 0 fully saturated rings. The third kappa shape index (κ3) is 4.19. The van der Waals surface area contributed by atoms with Gasteiger partial charge in [0, 0.05) is 19.6 Å². The Morgan fingerprint density at radius 3 is 2.76 bits per heavy atom. The minimum absolute atomic E-state index is 0.305. The Balaban J connectivity index is 2.24. The summed E-state index contributed by atoms with van der Waals surface area (Å²) in [7, 11) is 0. The van der Waals surface area contributed by atoms with Crippen molar-refractivity contribution >= 4 is 6.09 Å². The second-order valence-electron chi connectivity index (χ2n) is 6.29. The van der Waals surface area contributed by atoms with Gasteiger partial charge in [-0.05, 0) is 51.0 Å². The summed E-state index contributed by atoms with van der Waals surface area (Å²) in [6, 6.07) is 0. The molecule has 5 nitrogen and oxygen atoms in total. The molecule has 1 amide bonds. The Bertz CT molecular complexity index is 498. The lowest BCUT2D eigenvalue weighted by Crippen LogP contribution is -2.39. The van der Waals surface area contributed by atoms with Crippen molar-refractivity contribution < 1.29 is 9.53 Å². The molecule has 2 heterocycles. The molecule has 3 N–H and O–H groups in total. The predicted molar refractivity (Wildman–Crippen MR) is 83.7 cm³/mol. The first-order valence-corrected chi connectivity index (χ1v) is 7.42. The van der Waals surface area contributed by atoms with Crippen molar-refractivity contribution in [3.63, 3.8) is 0 Å². The van der Waals surface area contributed by atoms with E-state index in [4.69, 9.17) is 10.5 Å². The summed E-state index contributed by atoms with van der Waals surface area (Å²) in [4.78, 5) is 14.1. The van der Waals surface area contributed by atoms with Crippen LogP contribution in [0.1, 0.15) is 27.2 Å². The maximum atomic E-state index is 12.4. The van der Waals surface area contributed by atoms with Crippen LogP contribution in [0.4, 0.5) is 4.79 Å². The standard InChI is InChI=1S/C16H25N3O2/c1-16(2,3)21-15(20)19-9-6-12(11-17)10-14(19)13-4-7-18-8-5-13/h4,6,10,18H,5,7-9,11,17H2,1-3H3. The molecule has 116 valence electrons. The van der Waals surface area contributed by atoms with E-state index in [1.54, 1.807) is 4.90 Å². The summed E-state index contributed by atoms with van der Waals surface area (Å²) in [6.07, 6.45) is 6.72. The van der Waals surface area contributed by atoms with Crippen molar-refractivity contribution in [1.82, 2.24) is 10.2 Å². The normalized spacial score (nSPS) is 19.6. The highest BCUT2D eigenvalue weighted by atomic mass is 16.6. The zero-order valence-electron chi connectivity index (χ0n) is 13.1. The van der Waals surface area contributed by atoms with Crippen molar-refractivity contribution in [2.45, 2.75) is 32.8 Å². The molecule has 0 saturated carbocycles. The molecule has 0 radical (unpaired) electrons. The van der Waals surface area contributed by atoms with Crippen LogP contribution in [0.2, 0.25) is 0 Å². The average Bonchev–Trinajstić information content (AvgIpc) is 2.45. The monoisotopic (exact) mass is 291 g/mol. The van der Waals surface area contributed by atoms with Crippen molar-refractivity contribution in [3.05, 3.63) is 35.1 Å². The maximum absolute atomic E-state index is 12.4. The van der Waals surface area contributed by atoms with Gasteiger partial charge in [0.2, 0.25) is 0 Å². The van der Waals surface area contributed by atoms with Crippen LogP contribution in [0.5, 0.6) is 0 Å². The summed E-state index contributed by atoms with van der Waals surface area (Å²) in [5.74, 6) is 0. The van der Waals surface area contributed by atoms with Crippen LogP contribution in [-0.4, -0.2) is 42.8 Å². The number of amides is 1. The first kappa shape index (κ1) is 15.8. The van der Waals surface area contributed by atoms with Crippen LogP contribution in [0.3, 0.4) is 0 Å². The maximum Gasteiger partial charge on any atom is 0.415 e. The molecule has 21 heavy (non-hydrogen) atoms. The molecule has 0 aromatic heterocycles. The Labute approximate surface area is 126 Å². The van der Waals surface area contributed by atoms with E-state index >= 15 is 0 Å². The van der Waals surface area contributed by atoms with Gasteiger partial charge in [0.15, 0.2) is 0 Å². The van der Waals surface area contributed by atoms with Crippen LogP contribution in [0.15, 0.2) is 35.1 Å². The topological polar surface area (TPSA) is 67.6 Å². The van der Waals surface area contributed by atoms with Gasteiger partial charge in [-0.25, -0.2) is 4.79 Å². The van der Waals surface area contributed by atoms with Gasteiger partial charge in [-0.3, -0.25) is 4.90 Å². The summed E-state index contributed by atoms with van der Waals surface area (Å²) in [5.41, 5.74) is 8.41. The Morgan fingerprint density at radius 2 is 2.19 bits per heavy atom. The van der Waals surface area contributed by atoms with Gasteiger partial charge in [0.25, 0.3) is 0 Å². The number of carbonyl (C=O) groups is 1. The smallest absolute Gasteiger partial charge is 0.415 e. The van der Waals surface area contributed by atoms with Crippen LogP contribution < -0.4 is 11.1 Å². The third-order valence-corrected chi connectivity index (χ3v) is 3.39. The summed E-state index contributed by atoms with van der Waals surface area (Å²) in [5, 5.41) is 3.28. The Kier molecular flexibility index (Phi) is 4.85. The van der Waals surface area contributed by atoms with Crippen LogP contribution in [0.25, 0.3) is 0 Å². The number of hydrogen-bond donors (Lipinski definition) is 2. The van der Waals surface area contributed by atoms with E-state index in [2.05, 4.69) is 11.4 Å². The van der Waals surface area contributed by atoms with Gasteiger partial charge >= 0.3 is 6.09 Å². The Hall–Kier alpha value is -1.59. The molecule has 2 aliphatic heterocycles. The molecule has 5 heteroatoms. The quantitative estimate of drug-likeness (QED) is 0.816. The van der Waals surface area contributed by atoms with E-state index in [-0.39, 0.29) is 6.09 Å². The molecule has 0 spiro atoms. The largest absolute Gasteiger partial charge is 0.443 e. The number of ether oxygens (including phenoxy) is 1. The molecule has 0 atom stereocenters. The summed E-state index contributed by atoms with van der Waals surface area (Å²) >= 11 is 0. The van der Waals surface area contributed by atoms with Crippen molar-refractivity contribution in [2.24, 2.45) is 5.73 Å². The van der Waals surface area contributed by atoms with Gasteiger partial charge in [0.05, 0.1) is 5.70 Å². The average molecular weight is 291 g/mol. The molecule has 0 aromatic rings. The van der Waals surface area contributed by atoms with Crippen LogP contribution in [-0.2, 0) is 4.74 Å². The number of carbonyl (C=O) groups excluding carboxylic acids is 1. The summed E-state index contributed by atoms with van der Waals surface area (Å²) in [6.45, 7) is 8.38. The second-order valence-corrected chi connectivity index (χ2v) is 6.29. The second kappa shape index (κ2) is 6.45. The third-order valence-electron chi connectivity index (χ3n) is 3.39. The van der Waals surface area contributed by atoms with Crippen molar-refractivity contribution in [3.8, 4) is 0 Å². The van der Waals surface area contributed by atoms with Gasteiger partial charge in [-0.2, -0.15) is 0 Å². The van der Waals surface area contributed by atoms with Gasteiger partial charge < -0.3 is 15.8 Å². The van der Waals surface area contributed by atoms with E-state index < -0.39 is 5.60 Å². The molecular formula is C16H25N3O2.